The number of hydrogen-bond acceptors (Lipinski definition) is 5. The van der Waals surface area contributed by atoms with Crippen LogP contribution in [0.4, 0.5) is 11.4 Å². The van der Waals surface area contributed by atoms with Crippen LogP contribution in [0, 0.1) is 17.0 Å². The number of benzene rings is 1. The van der Waals surface area contributed by atoms with Gasteiger partial charge in [0.1, 0.15) is 0 Å². The lowest BCUT2D eigenvalue weighted by molar-refractivity contribution is -0.384. The fraction of sp³-hybridized carbons (Fsp3) is 0.400. The number of carbonyl (C=O) groups excluding carboxylic acids is 1. The van der Waals surface area contributed by atoms with Crippen molar-refractivity contribution >= 4 is 17.3 Å². The number of nitrogens with zero attached hydrogens (tertiary/aromatic N) is 2. The van der Waals surface area contributed by atoms with Gasteiger partial charge in [0.25, 0.3) is 5.69 Å². The molecule has 1 aromatic carbocycles. The Morgan fingerprint density at radius 3 is 2.52 bits per heavy atom. The van der Waals surface area contributed by atoms with Crippen LogP contribution >= 0.6 is 0 Å². The molecule has 1 aromatic heterocycles. The van der Waals surface area contributed by atoms with E-state index in [1.165, 1.54) is 12.1 Å². The zero-order valence-electron chi connectivity index (χ0n) is 15.5. The largest absolute Gasteiger partial charge is 0.478 e. The summed E-state index contributed by atoms with van der Waals surface area (Å²) in [6.07, 6.45) is 4.93. The van der Waals surface area contributed by atoms with E-state index in [-0.39, 0.29) is 11.6 Å². The minimum atomic E-state index is -0.665. The molecular formula is C20H23N3O4. The summed E-state index contributed by atoms with van der Waals surface area (Å²) in [6, 6.07) is 8.17. The zero-order valence-corrected chi connectivity index (χ0v) is 15.5. The summed E-state index contributed by atoms with van der Waals surface area (Å²) in [7, 11) is 0. The maximum atomic E-state index is 13.2. The molecule has 1 aliphatic carbocycles. The van der Waals surface area contributed by atoms with Crippen LogP contribution in [-0.2, 0) is 10.2 Å². The second-order valence-electron chi connectivity index (χ2n) is 6.83. The number of non-ortho nitro benzene ring substituents is 1. The summed E-state index contributed by atoms with van der Waals surface area (Å²) in [4.78, 5) is 27.9. The molecule has 1 amide bonds. The molecular weight excluding hydrogens is 346 g/mol. The molecule has 27 heavy (non-hydrogen) atoms. The molecule has 0 saturated heterocycles. The molecule has 0 aliphatic heterocycles. The molecule has 0 bridgehead atoms. The Kier molecular flexibility index (Phi) is 5.39. The lowest BCUT2D eigenvalue weighted by Crippen LogP contribution is -2.38. The third-order valence-corrected chi connectivity index (χ3v) is 5.09. The molecule has 2 aromatic rings. The summed E-state index contributed by atoms with van der Waals surface area (Å²) in [6.45, 7) is 4.31. The van der Waals surface area contributed by atoms with Crippen molar-refractivity contribution in [3.63, 3.8) is 0 Å². The van der Waals surface area contributed by atoms with Crippen LogP contribution in [0.5, 0.6) is 5.88 Å². The normalized spacial score (nSPS) is 15.3. The third-order valence-electron chi connectivity index (χ3n) is 5.09. The highest BCUT2D eigenvalue weighted by Crippen LogP contribution is 2.42. The molecule has 1 aliphatic rings. The second kappa shape index (κ2) is 7.73. The van der Waals surface area contributed by atoms with Crippen molar-refractivity contribution in [2.45, 2.75) is 44.9 Å². The maximum Gasteiger partial charge on any atom is 0.269 e. The number of rotatable bonds is 6. The maximum absolute atomic E-state index is 13.2. The van der Waals surface area contributed by atoms with E-state index < -0.39 is 10.3 Å². The molecule has 1 saturated carbocycles. The van der Waals surface area contributed by atoms with Crippen molar-refractivity contribution in [1.82, 2.24) is 4.98 Å². The molecule has 1 N–H and O–H groups in total. The van der Waals surface area contributed by atoms with Gasteiger partial charge in [0.2, 0.25) is 11.8 Å². The first kappa shape index (κ1) is 18.8. The summed E-state index contributed by atoms with van der Waals surface area (Å²) in [5, 5.41) is 13.9. The Morgan fingerprint density at radius 1 is 1.30 bits per heavy atom. The van der Waals surface area contributed by atoms with Crippen molar-refractivity contribution < 1.29 is 14.5 Å². The van der Waals surface area contributed by atoms with Crippen molar-refractivity contribution in [1.29, 1.82) is 0 Å². The van der Waals surface area contributed by atoms with Gasteiger partial charge < -0.3 is 10.1 Å². The standard InChI is InChI=1S/C20H23N3O4/c1-3-27-18-14(2)12-16(13-21-18)22-19(24)20(10-4-5-11-20)15-6-8-17(9-7-15)23(25)26/h6-9,12-13H,3-5,10-11H2,1-2H3,(H,22,24). The highest BCUT2D eigenvalue weighted by Gasteiger charge is 2.42. The third kappa shape index (κ3) is 3.77. The smallest absolute Gasteiger partial charge is 0.269 e. The molecule has 1 fully saturated rings. The van der Waals surface area contributed by atoms with E-state index in [9.17, 15) is 14.9 Å². The van der Waals surface area contributed by atoms with Crippen LogP contribution in [0.1, 0.15) is 43.7 Å². The fourth-order valence-electron chi connectivity index (χ4n) is 3.70. The van der Waals surface area contributed by atoms with Crippen molar-refractivity contribution in [2.24, 2.45) is 0 Å². The van der Waals surface area contributed by atoms with Gasteiger partial charge in [-0.05, 0) is 38.3 Å². The van der Waals surface area contributed by atoms with Gasteiger partial charge >= 0.3 is 0 Å². The molecule has 7 heteroatoms. The number of amides is 1. The quantitative estimate of drug-likeness (QED) is 0.610. The summed E-state index contributed by atoms with van der Waals surface area (Å²) in [5.41, 5.74) is 1.65. The van der Waals surface area contributed by atoms with Crippen LogP contribution in [0.25, 0.3) is 0 Å². The van der Waals surface area contributed by atoms with E-state index in [0.717, 1.165) is 36.8 Å². The van der Waals surface area contributed by atoms with Gasteiger partial charge in [-0.1, -0.05) is 25.0 Å². The topological polar surface area (TPSA) is 94.4 Å². The molecule has 0 spiro atoms. The van der Waals surface area contributed by atoms with Gasteiger partial charge in [-0.15, -0.1) is 0 Å². The number of nitrogens with one attached hydrogen (secondary N) is 1. The Balaban J connectivity index is 1.85. The van der Waals surface area contributed by atoms with Gasteiger partial charge in [0, 0.05) is 17.7 Å². The average molecular weight is 369 g/mol. The molecule has 1 heterocycles. The molecule has 3 rings (SSSR count). The van der Waals surface area contributed by atoms with Gasteiger partial charge in [-0.25, -0.2) is 4.98 Å². The monoisotopic (exact) mass is 369 g/mol. The second-order valence-corrected chi connectivity index (χ2v) is 6.83. The predicted octanol–water partition coefficient (Wildman–Crippen LogP) is 4.15. The SMILES string of the molecule is CCOc1ncc(NC(=O)C2(c3ccc([N+](=O)[O-])cc3)CCCC2)cc1C. The zero-order chi connectivity index (χ0) is 19.4. The molecule has 0 radical (unpaired) electrons. The number of nitro groups is 1. The van der Waals surface area contributed by atoms with Gasteiger partial charge in [0.15, 0.2) is 0 Å². The number of aromatic nitrogens is 1. The highest BCUT2D eigenvalue weighted by molar-refractivity contribution is 5.99. The van der Waals surface area contributed by atoms with E-state index in [2.05, 4.69) is 10.3 Å². The lowest BCUT2D eigenvalue weighted by atomic mass is 9.78. The molecule has 142 valence electrons. The Labute approximate surface area is 157 Å². The lowest BCUT2D eigenvalue weighted by Gasteiger charge is -2.28. The fourth-order valence-corrected chi connectivity index (χ4v) is 3.70. The Morgan fingerprint density at radius 2 is 1.96 bits per heavy atom. The summed E-state index contributed by atoms with van der Waals surface area (Å²) in [5.74, 6) is 0.459. The number of carbonyl (C=O) groups is 1. The number of ether oxygens (including phenoxy) is 1. The van der Waals surface area contributed by atoms with Gasteiger partial charge in [-0.3, -0.25) is 14.9 Å². The van der Waals surface area contributed by atoms with Crippen LogP contribution in [0.15, 0.2) is 36.5 Å². The number of hydrogen-bond donors (Lipinski definition) is 1. The predicted molar refractivity (Wildman–Crippen MR) is 102 cm³/mol. The van der Waals surface area contributed by atoms with E-state index >= 15 is 0 Å². The summed E-state index contributed by atoms with van der Waals surface area (Å²) < 4.78 is 5.44. The van der Waals surface area contributed by atoms with E-state index in [0.29, 0.717) is 18.2 Å². The minimum Gasteiger partial charge on any atom is -0.478 e. The van der Waals surface area contributed by atoms with E-state index in [1.54, 1.807) is 18.3 Å². The molecule has 0 atom stereocenters. The van der Waals surface area contributed by atoms with Crippen molar-refractivity contribution in [3.8, 4) is 5.88 Å². The number of nitro benzene ring substituents is 1. The highest BCUT2D eigenvalue weighted by atomic mass is 16.6. The van der Waals surface area contributed by atoms with Crippen molar-refractivity contribution in [3.05, 3.63) is 57.8 Å². The van der Waals surface area contributed by atoms with Crippen LogP contribution in [0.2, 0.25) is 0 Å². The van der Waals surface area contributed by atoms with Gasteiger partial charge in [0.05, 0.1) is 28.8 Å². The minimum absolute atomic E-state index is 0.0265. The first-order valence-corrected chi connectivity index (χ1v) is 9.12. The molecule has 7 nitrogen and oxygen atoms in total. The number of anilines is 1. The van der Waals surface area contributed by atoms with Crippen LogP contribution in [-0.4, -0.2) is 22.4 Å². The first-order chi connectivity index (χ1) is 13.0. The van der Waals surface area contributed by atoms with Crippen LogP contribution < -0.4 is 10.1 Å². The number of aryl methyl sites for hydroxylation is 1. The van der Waals surface area contributed by atoms with Gasteiger partial charge in [-0.2, -0.15) is 0 Å². The molecule has 0 unspecified atom stereocenters. The van der Waals surface area contributed by atoms with Crippen molar-refractivity contribution in [2.75, 3.05) is 11.9 Å². The number of pyridine rings is 1. The Bertz CT molecular complexity index is 843. The average Bonchev–Trinajstić information content (AvgIpc) is 3.15. The summed E-state index contributed by atoms with van der Waals surface area (Å²) >= 11 is 0. The van der Waals surface area contributed by atoms with Crippen LogP contribution in [0.3, 0.4) is 0 Å². The van der Waals surface area contributed by atoms with E-state index in [4.69, 9.17) is 4.74 Å². The first-order valence-electron chi connectivity index (χ1n) is 9.12. The Hall–Kier alpha value is -2.96. The van der Waals surface area contributed by atoms with E-state index in [1.807, 2.05) is 19.9 Å².